The van der Waals surface area contributed by atoms with Crippen LogP contribution >= 0.6 is 0 Å². The first-order valence-electron chi connectivity index (χ1n) is 50.5. The number of benzene rings is 4. The second-order valence-corrected chi connectivity index (χ2v) is 41.5. The summed E-state index contributed by atoms with van der Waals surface area (Å²) in [6.45, 7) is 0.279. The molecule has 24 rings (SSSR count). The normalized spacial score (nSPS) is 26.0. The van der Waals surface area contributed by atoms with Crippen molar-refractivity contribution in [3.63, 3.8) is 0 Å². The van der Waals surface area contributed by atoms with E-state index in [1.54, 1.807) is 81.6 Å². The number of fused-ring (bicyclic) bond motifs is 18. The average Bonchev–Trinajstić information content (AvgIpc) is 1.61. The van der Waals surface area contributed by atoms with Crippen LogP contribution < -0.4 is 0 Å². The maximum atomic E-state index is 14.9. The highest BCUT2D eigenvalue weighted by Crippen LogP contribution is 2.56. The third-order valence-corrected chi connectivity index (χ3v) is 32.7. The average molecular weight is 2010 g/mol. The standard InChI is InChI=1S/C18H18F5N3O.2C18H19F3N2O.2C18H20F2N2O.C18H23N3O2/c19-17(20)5-3-10(4-6-17)14(27)7-12-16-11(13-8-24-9-26(12)13)1-2-15(25-16)18(21,22)23;2*19-14-3-1-2-13-16-9-22-10-23(16)15(17(13)14)8-18(20,21)11-4-6-12(24)7-5-11;2*19-18(20,12-5-7-13(23)8-6-12)9-16-14-3-1-2-4-15(14)17-10-21-11-22(16)17;22-10-12-3-5-13(6-4-12)17(23)8-15-18-14(2-1-7-20-18)16-9-19-11-21(15)16/h1-2,8-10,12,14,27H,3-7H2;2*1-3,9-12,15,24H,4-8H2;2*1-4,10-13,16,23H,5-9H2;1-2,7,9,11-13,15,17,22-23H,3-6,8,10H2. The van der Waals surface area contributed by atoms with Crippen molar-refractivity contribution in [1.82, 2.24) is 67.3 Å². The monoisotopic (exact) mass is 2010 g/mol. The van der Waals surface area contributed by atoms with Crippen molar-refractivity contribution >= 4 is 0 Å². The zero-order valence-electron chi connectivity index (χ0n) is 79.3. The van der Waals surface area contributed by atoms with Crippen LogP contribution in [0.25, 0.3) is 67.5 Å². The number of aliphatic hydroxyl groups excluding tert-OH is 7. The topological polar surface area (TPSA) is 274 Å². The lowest BCUT2D eigenvalue weighted by Crippen LogP contribution is -2.35. The Hall–Kier alpha value is -10.9. The first-order valence-corrected chi connectivity index (χ1v) is 50.5. The lowest BCUT2D eigenvalue weighted by Gasteiger charge is -2.33. The molecule has 8 unspecified atom stereocenters. The van der Waals surface area contributed by atoms with E-state index in [1.807, 2.05) is 82.5 Å². The van der Waals surface area contributed by atoms with Crippen LogP contribution in [0.2, 0.25) is 0 Å². The molecule has 4 aromatic carbocycles. The van der Waals surface area contributed by atoms with Crippen LogP contribution in [0.5, 0.6) is 0 Å². The summed E-state index contributed by atoms with van der Waals surface area (Å²) in [6.07, 6.45) is 23.8. The fourth-order valence-corrected chi connectivity index (χ4v) is 24.7. The molecule has 7 N–H and O–H groups in total. The Morgan fingerprint density at radius 1 is 0.333 bits per heavy atom. The summed E-state index contributed by atoms with van der Waals surface area (Å²) >= 11 is 0. The van der Waals surface area contributed by atoms with E-state index in [-0.39, 0.29) is 87.4 Å². The van der Waals surface area contributed by atoms with Crippen LogP contribution in [0.4, 0.5) is 65.9 Å². The van der Waals surface area contributed by atoms with E-state index < -0.39 is 138 Å². The smallest absolute Gasteiger partial charge is 0.396 e. The molecular weight excluding hydrogens is 1890 g/mol. The highest BCUT2D eigenvalue weighted by Gasteiger charge is 2.52. The molecule has 0 amide bonds. The lowest BCUT2D eigenvalue weighted by atomic mass is 9.78. The van der Waals surface area contributed by atoms with Crippen molar-refractivity contribution in [2.45, 2.75) is 301 Å². The summed E-state index contributed by atoms with van der Waals surface area (Å²) in [5.74, 6) is -17.2. The van der Waals surface area contributed by atoms with Gasteiger partial charge >= 0.3 is 6.18 Å². The molecule has 144 heavy (non-hydrogen) atoms. The summed E-state index contributed by atoms with van der Waals surface area (Å²) in [6, 6.07) is 28.4. The number of aromatic nitrogens is 14. The van der Waals surface area contributed by atoms with Crippen molar-refractivity contribution in [1.29, 1.82) is 0 Å². The fourth-order valence-electron chi connectivity index (χ4n) is 24.7. The minimum atomic E-state index is -4.57. The summed E-state index contributed by atoms with van der Waals surface area (Å²) < 4.78 is 224. The Morgan fingerprint density at radius 2 is 0.646 bits per heavy atom. The van der Waals surface area contributed by atoms with Crippen LogP contribution in [0.1, 0.15) is 268 Å². The zero-order chi connectivity index (χ0) is 101. The number of halogens is 15. The maximum absolute atomic E-state index is 14.9. The van der Waals surface area contributed by atoms with E-state index in [9.17, 15) is 102 Å². The first-order chi connectivity index (χ1) is 69.0. The van der Waals surface area contributed by atoms with Gasteiger partial charge in [-0.25, -0.2) is 87.6 Å². The molecule has 14 heterocycles. The summed E-state index contributed by atoms with van der Waals surface area (Å²) in [5, 5.41) is 68.8. The van der Waals surface area contributed by atoms with E-state index >= 15 is 0 Å². The van der Waals surface area contributed by atoms with Gasteiger partial charge in [-0.15, -0.1) is 0 Å². The molecule has 0 saturated heterocycles. The molecule has 0 bridgehead atoms. The summed E-state index contributed by atoms with van der Waals surface area (Å²) in [4.78, 5) is 33.0. The Balaban J connectivity index is 0.000000109. The Bertz CT molecular complexity index is 6130. The molecule has 6 fully saturated rings. The van der Waals surface area contributed by atoms with E-state index in [0.717, 1.165) is 82.3 Å². The summed E-state index contributed by atoms with van der Waals surface area (Å²) in [7, 11) is 0. The third-order valence-electron chi connectivity index (χ3n) is 32.7. The molecule has 768 valence electrons. The molecule has 6 saturated carbocycles. The van der Waals surface area contributed by atoms with Gasteiger partial charge in [-0.1, -0.05) is 72.8 Å². The molecular formula is C108H119F15N14O7. The van der Waals surface area contributed by atoms with E-state index in [4.69, 9.17) is 0 Å². The quantitative estimate of drug-likeness (QED) is 0.0371. The Morgan fingerprint density at radius 3 is 1.02 bits per heavy atom. The van der Waals surface area contributed by atoms with Gasteiger partial charge in [0.1, 0.15) is 17.3 Å². The van der Waals surface area contributed by atoms with Gasteiger partial charge in [-0.2, -0.15) is 13.2 Å². The summed E-state index contributed by atoms with van der Waals surface area (Å²) in [5.41, 5.74) is 12.8. The number of hydrogen-bond donors (Lipinski definition) is 7. The van der Waals surface area contributed by atoms with Gasteiger partial charge in [-0.05, 0) is 207 Å². The van der Waals surface area contributed by atoms with Crippen molar-refractivity contribution in [3.05, 3.63) is 242 Å². The number of nitrogens with zero attached hydrogens (tertiary/aromatic N) is 14. The van der Waals surface area contributed by atoms with Gasteiger partial charge in [-0.3, -0.25) is 4.98 Å². The molecule has 21 nitrogen and oxygen atoms in total. The molecule has 0 spiro atoms. The van der Waals surface area contributed by atoms with Gasteiger partial charge in [0.15, 0.2) is 0 Å². The van der Waals surface area contributed by atoms with Gasteiger partial charge < -0.3 is 63.1 Å². The van der Waals surface area contributed by atoms with Gasteiger partial charge in [0.25, 0.3) is 23.7 Å². The van der Waals surface area contributed by atoms with Crippen molar-refractivity contribution in [2.75, 3.05) is 6.61 Å². The molecule has 0 radical (unpaired) electrons. The van der Waals surface area contributed by atoms with Crippen LogP contribution in [0.15, 0.2) is 191 Å². The largest absolute Gasteiger partial charge is 0.433 e. The number of imidazole rings is 6. The Kier molecular flexibility index (Phi) is 29.5. The molecule has 6 aliphatic carbocycles. The minimum absolute atomic E-state index is 0.0780. The second-order valence-electron chi connectivity index (χ2n) is 41.5. The predicted molar refractivity (Wildman–Crippen MR) is 506 cm³/mol. The predicted octanol–water partition coefficient (Wildman–Crippen LogP) is 23.2. The van der Waals surface area contributed by atoms with Gasteiger partial charge in [0.2, 0.25) is 5.92 Å². The zero-order valence-corrected chi connectivity index (χ0v) is 79.3. The SMILES string of the molecule is OC(CC1c2nc(C(F)(F)F)ccc2-c2cncn21)C1CCC(F)(F)CC1.OC1CCC(C(F)(F)CC2c3c(F)cccc3-c3cncn32)CC1.OC1CCC(C(F)(F)CC2c3c(F)cccc3-c3cncn32)CC1.OC1CCC(C(F)(F)CC2c3ccccc3-c3cncn32)CC1.OC1CCC(C(F)(F)CC2c3ccccc3-c3cncn32)CC1.OCC1CCC(C(O)CC2c3ncccc3-c3cncn32)CC1. The van der Waals surface area contributed by atoms with Crippen molar-refractivity contribution in [2.24, 2.45) is 41.4 Å². The van der Waals surface area contributed by atoms with E-state index in [2.05, 4.69) is 50.5 Å². The molecule has 12 aliphatic rings. The van der Waals surface area contributed by atoms with Crippen molar-refractivity contribution in [3.8, 4) is 67.5 Å². The van der Waals surface area contributed by atoms with Crippen molar-refractivity contribution < 1.29 is 102 Å². The highest BCUT2D eigenvalue weighted by molar-refractivity contribution is 5.73. The lowest BCUT2D eigenvalue weighted by molar-refractivity contribution is -0.141. The van der Waals surface area contributed by atoms with Crippen LogP contribution in [-0.2, 0) is 6.18 Å². The number of hydrogen-bond acceptors (Lipinski definition) is 15. The molecule has 8 aromatic heterocycles. The number of pyridine rings is 2. The number of aliphatic hydroxyl groups is 7. The second kappa shape index (κ2) is 41.8. The molecule has 12 aromatic rings. The molecule has 6 aliphatic heterocycles. The van der Waals surface area contributed by atoms with Crippen LogP contribution in [-0.4, -0.2) is 176 Å². The maximum Gasteiger partial charge on any atom is 0.433 e. The van der Waals surface area contributed by atoms with Gasteiger partial charge in [0, 0.05) is 132 Å². The highest BCUT2D eigenvalue weighted by atomic mass is 19.4. The number of alkyl halides is 13. The third kappa shape index (κ3) is 21.0. The molecule has 8 atom stereocenters. The Labute approximate surface area is 823 Å². The minimum Gasteiger partial charge on any atom is -0.396 e. The van der Waals surface area contributed by atoms with Gasteiger partial charge in [0.05, 0.1) is 194 Å². The van der Waals surface area contributed by atoms with E-state index in [1.165, 1.54) is 37.2 Å². The number of rotatable bonds is 19. The van der Waals surface area contributed by atoms with Crippen LogP contribution in [0, 0.1) is 53.1 Å². The first kappa shape index (κ1) is 102. The van der Waals surface area contributed by atoms with E-state index in [0.29, 0.717) is 166 Å². The molecule has 36 heteroatoms. The van der Waals surface area contributed by atoms with Crippen LogP contribution in [0.3, 0.4) is 0 Å². The fraction of sp³-hybridized carbons (Fsp3) is 0.519.